The predicted octanol–water partition coefficient (Wildman–Crippen LogP) is 0.774. The highest BCUT2D eigenvalue weighted by Crippen LogP contribution is 2.28. The van der Waals surface area contributed by atoms with Crippen molar-refractivity contribution in [2.24, 2.45) is 0 Å². The number of halogens is 1. The van der Waals surface area contributed by atoms with Gasteiger partial charge in [0.15, 0.2) is 0 Å². The molecule has 3 fully saturated rings. The lowest BCUT2D eigenvalue weighted by Gasteiger charge is -2.32. The van der Waals surface area contributed by atoms with Gasteiger partial charge >= 0.3 is 0 Å². The average molecular weight is 302 g/mol. The minimum Gasteiger partial charge on any atom is -0.334 e. The molecular formula is C14H24ClN3O2. The van der Waals surface area contributed by atoms with E-state index in [0.29, 0.717) is 25.0 Å². The molecule has 3 aliphatic heterocycles. The van der Waals surface area contributed by atoms with Crippen molar-refractivity contribution in [1.82, 2.24) is 15.1 Å². The summed E-state index contributed by atoms with van der Waals surface area (Å²) in [5.74, 6) is 0.311. The van der Waals surface area contributed by atoms with E-state index >= 15 is 0 Å². The van der Waals surface area contributed by atoms with Crippen LogP contribution in [0.3, 0.4) is 0 Å². The van der Waals surface area contributed by atoms with Crippen LogP contribution in [0.25, 0.3) is 0 Å². The molecule has 20 heavy (non-hydrogen) atoms. The van der Waals surface area contributed by atoms with Crippen LogP contribution in [0.4, 0.5) is 0 Å². The monoisotopic (exact) mass is 301 g/mol. The molecule has 2 bridgehead atoms. The molecule has 0 aromatic heterocycles. The highest BCUT2D eigenvalue weighted by Gasteiger charge is 2.38. The Morgan fingerprint density at radius 3 is 2.80 bits per heavy atom. The quantitative estimate of drug-likeness (QED) is 0.820. The maximum atomic E-state index is 12.5. The second-order valence-electron chi connectivity index (χ2n) is 5.95. The molecule has 3 rings (SSSR count). The van der Waals surface area contributed by atoms with Crippen LogP contribution >= 0.6 is 12.4 Å². The summed E-state index contributed by atoms with van der Waals surface area (Å²) in [5, 5.41) is 3.40. The second kappa shape index (κ2) is 6.76. The smallest absolute Gasteiger partial charge is 0.242 e. The molecule has 114 valence electrons. The molecule has 0 radical (unpaired) electrons. The molecule has 3 saturated heterocycles. The van der Waals surface area contributed by atoms with Gasteiger partial charge in [0.1, 0.15) is 0 Å². The summed E-state index contributed by atoms with van der Waals surface area (Å²) in [6.45, 7) is 2.97. The molecule has 0 spiro atoms. The van der Waals surface area contributed by atoms with E-state index in [2.05, 4.69) is 10.2 Å². The van der Waals surface area contributed by atoms with Gasteiger partial charge in [-0.15, -0.1) is 12.4 Å². The van der Waals surface area contributed by atoms with Gasteiger partial charge in [0.2, 0.25) is 11.8 Å². The van der Waals surface area contributed by atoms with E-state index in [4.69, 9.17) is 0 Å². The number of rotatable bonds is 2. The van der Waals surface area contributed by atoms with Gasteiger partial charge in [-0.1, -0.05) is 0 Å². The van der Waals surface area contributed by atoms with E-state index in [9.17, 15) is 9.59 Å². The molecule has 0 aliphatic carbocycles. The number of likely N-dealkylation sites (tertiary alicyclic amines) is 1. The van der Waals surface area contributed by atoms with Crippen LogP contribution in [0.5, 0.6) is 0 Å². The molecule has 2 atom stereocenters. The van der Waals surface area contributed by atoms with Crippen molar-refractivity contribution in [2.75, 3.05) is 26.2 Å². The Kier molecular flexibility index (Phi) is 5.27. The van der Waals surface area contributed by atoms with Gasteiger partial charge in [0.25, 0.3) is 0 Å². The first-order valence-corrected chi connectivity index (χ1v) is 7.55. The Labute approximate surface area is 126 Å². The maximum absolute atomic E-state index is 12.5. The Hall–Kier alpha value is -0.810. The van der Waals surface area contributed by atoms with Crippen molar-refractivity contribution in [1.29, 1.82) is 0 Å². The lowest BCUT2D eigenvalue weighted by Crippen LogP contribution is -2.49. The largest absolute Gasteiger partial charge is 0.334 e. The highest BCUT2D eigenvalue weighted by molar-refractivity contribution is 5.86. The van der Waals surface area contributed by atoms with Crippen LogP contribution in [0.1, 0.15) is 38.5 Å². The van der Waals surface area contributed by atoms with Gasteiger partial charge in [0.05, 0.1) is 6.54 Å². The van der Waals surface area contributed by atoms with Crippen LogP contribution < -0.4 is 5.32 Å². The van der Waals surface area contributed by atoms with Crippen molar-refractivity contribution < 1.29 is 9.59 Å². The summed E-state index contributed by atoms with van der Waals surface area (Å²) < 4.78 is 0. The van der Waals surface area contributed by atoms with Crippen molar-refractivity contribution >= 4 is 24.2 Å². The van der Waals surface area contributed by atoms with Gasteiger partial charge in [0, 0.05) is 31.6 Å². The minimum absolute atomic E-state index is 0. The number of hydrogen-bond donors (Lipinski definition) is 1. The summed E-state index contributed by atoms with van der Waals surface area (Å²) in [4.78, 5) is 28.2. The lowest BCUT2D eigenvalue weighted by molar-refractivity contribution is -0.143. The van der Waals surface area contributed by atoms with Crippen molar-refractivity contribution in [3.63, 3.8) is 0 Å². The molecule has 2 unspecified atom stereocenters. The number of nitrogens with one attached hydrogen (secondary N) is 1. The molecular weight excluding hydrogens is 278 g/mol. The van der Waals surface area contributed by atoms with Crippen molar-refractivity contribution in [3.05, 3.63) is 0 Å². The fraction of sp³-hybridized carbons (Fsp3) is 0.857. The number of carbonyl (C=O) groups excluding carboxylic acids is 2. The van der Waals surface area contributed by atoms with Crippen LogP contribution in [0.15, 0.2) is 0 Å². The average Bonchev–Trinajstić information content (AvgIpc) is 2.66. The maximum Gasteiger partial charge on any atom is 0.242 e. The Morgan fingerprint density at radius 1 is 1.20 bits per heavy atom. The zero-order valence-electron chi connectivity index (χ0n) is 11.8. The normalized spacial score (nSPS) is 29.9. The summed E-state index contributed by atoms with van der Waals surface area (Å²) in [6.07, 6.45) is 5.91. The molecule has 0 aromatic rings. The number of piperidine rings is 1. The van der Waals surface area contributed by atoms with E-state index in [0.717, 1.165) is 51.7 Å². The van der Waals surface area contributed by atoms with Crippen LogP contribution in [-0.2, 0) is 9.59 Å². The summed E-state index contributed by atoms with van der Waals surface area (Å²) >= 11 is 0. The highest BCUT2D eigenvalue weighted by atomic mass is 35.5. The molecule has 1 N–H and O–H groups in total. The zero-order chi connectivity index (χ0) is 13.2. The molecule has 2 amide bonds. The third-order valence-corrected chi connectivity index (χ3v) is 4.69. The minimum atomic E-state index is 0. The predicted molar refractivity (Wildman–Crippen MR) is 78.8 cm³/mol. The molecule has 0 aromatic carbocycles. The fourth-order valence-electron chi connectivity index (χ4n) is 3.66. The SMILES string of the molecule is Cl.O=C1CCCCN1CC(=O)N1C2CCNCC1CC2. The van der Waals surface area contributed by atoms with Crippen molar-refractivity contribution in [2.45, 2.75) is 50.6 Å². The lowest BCUT2D eigenvalue weighted by atomic mass is 10.1. The topological polar surface area (TPSA) is 52.7 Å². The standard InChI is InChI=1S/C14H23N3O2.ClH/c18-13-3-1-2-8-16(13)10-14(19)17-11-4-5-12(17)9-15-7-6-11;/h11-12,15H,1-10H2;1H. The van der Waals surface area contributed by atoms with E-state index in [1.807, 2.05) is 0 Å². The van der Waals surface area contributed by atoms with Gasteiger partial charge < -0.3 is 15.1 Å². The number of nitrogens with zero attached hydrogens (tertiary/aromatic N) is 2. The summed E-state index contributed by atoms with van der Waals surface area (Å²) in [5.41, 5.74) is 0. The Morgan fingerprint density at radius 2 is 2.00 bits per heavy atom. The summed E-state index contributed by atoms with van der Waals surface area (Å²) in [6, 6.07) is 0.743. The van der Waals surface area contributed by atoms with Gasteiger partial charge in [-0.3, -0.25) is 9.59 Å². The van der Waals surface area contributed by atoms with Gasteiger partial charge in [-0.25, -0.2) is 0 Å². The van der Waals surface area contributed by atoms with E-state index in [1.165, 1.54) is 0 Å². The molecule has 0 saturated carbocycles. The van der Waals surface area contributed by atoms with E-state index < -0.39 is 0 Å². The fourth-order valence-corrected chi connectivity index (χ4v) is 3.66. The molecule has 6 heteroatoms. The second-order valence-corrected chi connectivity index (χ2v) is 5.95. The molecule has 3 heterocycles. The van der Waals surface area contributed by atoms with E-state index in [-0.39, 0.29) is 24.2 Å². The first kappa shape index (κ1) is 15.6. The molecule has 5 nitrogen and oxygen atoms in total. The number of hydrogen-bond acceptors (Lipinski definition) is 3. The third-order valence-electron chi connectivity index (χ3n) is 4.69. The van der Waals surface area contributed by atoms with Gasteiger partial charge in [-0.2, -0.15) is 0 Å². The van der Waals surface area contributed by atoms with Gasteiger partial charge in [-0.05, 0) is 38.6 Å². The van der Waals surface area contributed by atoms with Crippen LogP contribution in [-0.4, -0.2) is 59.9 Å². The Bertz CT molecular complexity index is 363. The number of carbonyl (C=O) groups is 2. The van der Waals surface area contributed by atoms with Crippen LogP contribution in [0.2, 0.25) is 0 Å². The number of amides is 2. The van der Waals surface area contributed by atoms with Crippen LogP contribution in [0, 0.1) is 0 Å². The Balaban J connectivity index is 0.00000147. The first-order valence-electron chi connectivity index (χ1n) is 7.55. The first-order chi connectivity index (χ1) is 9.25. The van der Waals surface area contributed by atoms with Crippen molar-refractivity contribution in [3.8, 4) is 0 Å². The zero-order valence-corrected chi connectivity index (χ0v) is 12.7. The third kappa shape index (κ3) is 3.09. The number of fused-ring (bicyclic) bond motifs is 2. The molecule has 3 aliphatic rings. The summed E-state index contributed by atoms with van der Waals surface area (Å²) in [7, 11) is 0. The van der Waals surface area contributed by atoms with E-state index in [1.54, 1.807) is 4.90 Å².